The van der Waals surface area contributed by atoms with E-state index in [9.17, 15) is 9.59 Å². The first-order valence-corrected chi connectivity index (χ1v) is 7.56. The van der Waals surface area contributed by atoms with Gasteiger partial charge in [-0.25, -0.2) is 4.79 Å². The van der Waals surface area contributed by atoms with Crippen LogP contribution < -0.4 is 9.47 Å². The topological polar surface area (TPSA) is 72.8 Å². The molecule has 24 heavy (non-hydrogen) atoms. The Labute approximate surface area is 143 Å². The van der Waals surface area contributed by atoms with Gasteiger partial charge in [0.25, 0.3) is 0 Å². The Balaban J connectivity index is 1.88. The predicted octanol–water partition coefficient (Wildman–Crippen LogP) is 3.81. The molecule has 1 aliphatic heterocycles. The third kappa shape index (κ3) is 3.12. The van der Waals surface area contributed by atoms with Crippen molar-refractivity contribution in [2.75, 3.05) is 0 Å². The number of benzene rings is 2. The van der Waals surface area contributed by atoms with Crippen LogP contribution in [0.5, 0.6) is 11.5 Å². The van der Waals surface area contributed by atoms with Gasteiger partial charge in [0.15, 0.2) is 11.9 Å². The molecule has 122 valence electrons. The fraction of sp³-hybridized carbons (Fsp3) is 0.111. The lowest BCUT2D eigenvalue weighted by Gasteiger charge is -2.10. The van der Waals surface area contributed by atoms with Crippen LogP contribution in [0.15, 0.2) is 48.2 Å². The van der Waals surface area contributed by atoms with Gasteiger partial charge in [-0.1, -0.05) is 29.8 Å². The molecule has 5 nitrogen and oxygen atoms in total. The predicted molar refractivity (Wildman–Crippen MR) is 88.6 cm³/mol. The van der Waals surface area contributed by atoms with Crippen LogP contribution in [0.2, 0.25) is 5.02 Å². The first-order chi connectivity index (χ1) is 11.5. The van der Waals surface area contributed by atoms with Crippen LogP contribution in [0, 0.1) is 0 Å². The summed E-state index contributed by atoms with van der Waals surface area (Å²) in [5, 5.41) is 9.39. The van der Waals surface area contributed by atoms with Gasteiger partial charge in [0.2, 0.25) is 5.78 Å². The smallest absolute Gasteiger partial charge is 0.344 e. The van der Waals surface area contributed by atoms with E-state index in [-0.39, 0.29) is 11.5 Å². The van der Waals surface area contributed by atoms with Gasteiger partial charge in [-0.15, -0.1) is 0 Å². The van der Waals surface area contributed by atoms with E-state index < -0.39 is 12.1 Å². The Morgan fingerprint density at radius 1 is 1.29 bits per heavy atom. The molecule has 0 amide bonds. The standard InChI is InChI=1S/C18H13ClO5/c1-10(18(21)22)23-12-6-7-13-15(9-12)24-16(17(13)20)8-11-4-2-3-5-14(11)19/h2-10H,1H3,(H,21,22)/b16-8-/t10-/m0/s1. The zero-order valence-electron chi connectivity index (χ0n) is 12.7. The molecule has 6 heteroatoms. The van der Waals surface area contributed by atoms with Crippen LogP contribution in [0.1, 0.15) is 22.8 Å². The minimum Gasteiger partial charge on any atom is -0.479 e. The van der Waals surface area contributed by atoms with Crippen molar-refractivity contribution in [1.29, 1.82) is 0 Å². The number of hydrogen-bond acceptors (Lipinski definition) is 4. The molecule has 0 saturated carbocycles. The van der Waals surface area contributed by atoms with E-state index in [2.05, 4.69) is 0 Å². The highest BCUT2D eigenvalue weighted by molar-refractivity contribution is 6.32. The summed E-state index contributed by atoms with van der Waals surface area (Å²) in [6.45, 7) is 1.42. The lowest BCUT2D eigenvalue weighted by atomic mass is 10.1. The summed E-state index contributed by atoms with van der Waals surface area (Å²) in [4.78, 5) is 23.2. The molecule has 2 aromatic rings. The van der Waals surface area contributed by atoms with Crippen molar-refractivity contribution in [3.8, 4) is 11.5 Å². The molecule has 1 N–H and O–H groups in total. The third-order valence-electron chi connectivity index (χ3n) is 3.49. The molecular weight excluding hydrogens is 332 g/mol. The van der Waals surface area contributed by atoms with E-state index in [4.69, 9.17) is 26.2 Å². The van der Waals surface area contributed by atoms with Crippen molar-refractivity contribution < 1.29 is 24.2 Å². The van der Waals surface area contributed by atoms with Crippen molar-refractivity contribution in [3.63, 3.8) is 0 Å². The molecule has 0 aliphatic carbocycles. The fourth-order valence-electron chi connectivity index (χ4n) is 2.23. The Morgan fingerprint density at radius 2 is 2.04 bits per heavy atom. The van der Waals surface area contributed by atoms with E-state index >= 15 is 0 Å². The van der Waals surface area contributed by atoms with Crippen molar-refractivity contribution in [3.05, 3.63) is 64.4 Å². The van der Waals surface area contributed by atoms with Gasteiger partial charge in [-0.3, -0.25) is 4.79 Å². The van der Waals surface area contributed by atoms with Crippen LogP contribution in [-0.2, 0) is 4.79 Å². The number of hydrogen-bond donors (Lipinski definition) is 1. The molecule has 0 aromatic heterocycles. The molecule has 0 bridgehead atoms. The number of halogens is 1. The number of rotatable bonds is 4. The zero-order chi connectivity index (χ0) is 17.3. The first-order valence-electron chi connectivity index (χ1n) is 7.18. The minimum atomic E-state index is -1.08. The first kappa shape index (κ1) is 16.1. The molecule has 1 heterocycles. The summed E-state index contributed by atoms with van der Waals surface area (Å²) >= 11 is 6.09. The monoisotopic (exact) mass is 344 g/mol. The number of carboxylic acid groups (broad SMARTS) is 1. The average molecular weight is 345 g/mol. The number of ether oxygens (including phenoxy) is 2. The van der Waals surface area contributed by atoms with E-state index in [1.165, 1.54) is 19.1 Å². The number of carbonyl (C=O) groups is 2. The third-order valence-corrected chi connectivity index (χ3v) is 3.84. The summed E-state index contributed by atoms with van der Waals surface area (Å²) in [7, 11) is 0. The largest absolute Gasteiger partial charge is 0.479 e. The van der Waals surface area contributed by atoms with Crippen molar-refractivity contribution >= 4 is 29.4 Å². The Kier molecular flexibility index (Phi) is 4.27. The Morgan fingerprint density at radius 3 is 2.75 bits per heavy atom. The lowest BCUT2D eigenvalue weighted by molar-refractivity contribution is -0.144. The van der Waals surface area contributed by atoms with Gasteiger partial charge in [0.05, 0.1) is 5.56 Å². The van der Waals surface area contributed by atoms with Gasteiger partial charge >= 0.3 is 5.97 Å². The summed E-state index contributed by atoms with van der Waals surface area (Å²) < 4.78 is 10.9. The second kappa shape index (κ2) is 6.37. The maximum Gasteiger partial charge on any atom is 0.344 e. The molecular formula is C18H13ClO5. The van der Waals surface area contributed by atoms with Gasteiger partial charge in [0, 0.05) is 11.1 Å². The van der Waals surface area contributed by atoms with Crippen LogP contribution >= 0.6 is 11.6 Å². The summed E-state index contributed by atoms with van der Waals surface area (Å²) in [5.41, 5.74) is 1.06. The number of carboxylic acids is 1. The number of ketones is 1. The van der Waals surface area contributed by atoms with E-state index in [1.54, 1.807) is 30.3 Å². The molecule has 1 atom stereocenters. The van der Waals surface area contributed by atoms with E-state index in [0.29, 0.717) is 27.6 Å². The average Bonchev–Trinajstić information content (AvgIpc) is 2.85. The van der Waals surface area contributed by atoms with Crippen molar-refractivity contribution in [2.24, 2.45) is 0 Å². The highest BCUT2D eigenvalue weighted by Crippen LogP contribution is 2.35. The Bertz CT molecular complexity index is 856. The minimum absolute atomic E-state index is 0.154. The highest BCUT2D eigenvalue weighted by atomic mass is 35.5. The van der Waals surface area contributed by atoms with Crippen LogP contribution in [-0.4, -0.2) is 23.0 Å². The molecule has 0 unspecified atom stereocenters. The number of Topliss-reactive ketones (excluding diaryl/α,β-unsaturated/α-hetero) is 1. The number of allylic oxidation sites excluding steroid dienone is 1. The second-order valence-corrected chi connectivity index (χ2v) is 5.62. The molecule has 2 aromatic carbocycles. The maximum absolute atomic E-state index is 12.4. The summed E-state index contributed by atoms with van der Waals surface area (Å²) in [5.74, 6) is -0.542. The molecule has 1 aliphatic rings. The summed E-state index contributed by atoms with van der Waals surface area (Å²) in [6.07, 6.45) is 0.573. The normalized spacial score (nSPS) is 15.8. The van der Waals surface area contributed by atoms with Crippen LogP contribution in [0.3, 0.4) is 0 Å². The number of fused-ring (bicyclic) bond motifs is 1. The van der Waals surface area contributed by atoms with E-state index in [0.717, 1.165) is 0 Å². The molecule has 0 fully saturated rings. The molecule has 0 saturated heterocycles. The van der Waals surface area contributed by atoms with Crippen molar-refractivity contribution in [2.45, 2.75) is 13.0 Å². The van der Waals surface area contributed by atoms with Gasteiger partial charge in [0.1, 0.15) is 11.5 Å². The quantitative estimate of drug-likeness (QED) is 0.854. The maximum atomic E-state index is 12.4. The molecule has 0 radical (unpaired) electrons. The van der Waals surface area contributed by atoms with Crippen LogP contribution in [0.4, 0.5) is 0 Å². The number of carbonyl (C=O) groups excluding carboxylic acids is 1. The van der Waals surface area contributed by atoms with Gasteiger partial charge < -0.3 is 14.6 Å². The highest BCUT2D eigenvalue weighted by Gasteiger charge is 2.28. The molecule has 0 spiro atoms. The number of aliphatic carboxylic acids is 1. The lowest BCUT2D eigenvalue weighted by Crippen LogP contribution is -2.22. The van der Waals surface area contributed by atoms with Gasteiger partial charge in [-0.2, -0.15) is 0 Å². The SMILES string of the molecule is C[C@H](Oc1ccc2c(c1)O/C(=C\c1ccccc1Cl)C2=O)C(=O)O. The van der Waals surface area contributed by atoms with Crippen molar-refractivity contribution in [1.82, 2.24) is 0 Å². The van der Waals surface area contributed by atoms with E-state index in [1.807, 2.05) is 6.07 Å². The zero-order valence-corrected chi connectivity index (χ0v) is 13.4. The fourth-order valence-corrected chi connectivity index (χ4v) is 2.42. The summed E-state index contributed by atoms with van der Waals surface area (Å²) in [6, 6.07) is 11.7. The van der Waals surface area contributed by atoms with Gasteiger partial charge in [-0.05, 0) is 36.8 Å². The molecule has 3 rings (SSSR count). The second-order valence-electron chi connectivity index (χ2n) is 5.22. The van der Waals surface area contributed by atoms with Crippen LogP contribution in [0.25, 0.3) is 6.08 Å². The Hall–Kier alpha value is -2.79.